The van der Waals surface area contributed by atoms with Gasteiger partial charge in [-0.25, -0.2) is 4.98 Å². The third kappa shape index (κ3) is 5.33. The van der Waals surface area contributed by atoms with Crippen LogP contribution in [0.4, 0.5) is 0 Å². The molecule has 0 unspecified atom stereocenters. The van der Waals surface area contributed by atoms with Crippen LogP contribution in [-0.4, -0.2) is 34.1 Å². The van der Waals surface area contributed by atoms with Crippen LogP contribution in [-0.2, 0) is 27.3 Å². The molecule has 1 fully saturated rings. The summed E-state index contributed by atoms with van der Waals surface area (Å²) < 4.78 is 7.24. The predicted molar refractivity (Wildman–Crippen MR) is 109 cm³/mol. The molecule has 0 aliphatic heterocycles. The minimum absolute atomic E-state index is 0.138. The molecular weight excluding hydrogens is 354 g/mol. The number of benzene rings is 1. The molecule has 1 aliphatic rings. The molecule has 1 aromatic carbocycles. The fourth-order valence-electron chi connectivity index (χ4n) is 3.89. The SMILES string of the molecule is CC(C)OC(=O)Cn1c(CCCNC(=O)C2CCCCC2)nc2ccccc21. The van der Waals surface area contributed by atoms with Gasteiger partial charge in [-0.3, -0.25) is 9.59 Å². The van der Waals surface area contributed by atoms with Crippen molar-refractivity contribution in [3.05, 3.63) is 30.1 Å². The second-order valence-electron chi connectivity index (χ2n) is 7.87. The van der Waals surface area contributed by atoms with E-state index in [-0.39, 0.29) is 30.4 Å². The molecule has 0 spiro atoms. The van der Waals surface area contributed by atoms with Gasteiger partial charge in [-0.1, -0.05) is 31.4 Å². The molecule has 152 valence electrons. The van der Waals surface area contributed by atoms with Crippen LogP contribution in [0.2, 0.25) is 0 Å². The van der Waals surface area contributed by atoms with Crippen molar-refractivity contribution in [3.8, 4) is 0 Å². The van der Waals surface area contributed by atoms with Crippen molar-refractivity contribution < 1.29 is 14.3 Å². The Morgan fingerprint density at radius 1 is 1.21 bits per heavy atom. The van der Waals surface area contributed by atoms with Gasteiger partial charge in [-0.15, -0.1) is 0 Å². The maximum Gasteiger partial charge on any atom is 0.326 e. The summed E-state index contributed by atoms with van der Waals surface area (Å²) in [5.41, 5.74) is 1.81. The number of nitrogens with zero attached hydrogens (tertiary/aromatic N) is 2. The Bertz CT molecular complexity index is 806. The highest BCUT2D eigenvalue weighted by atomic mass is 16.5. The first kappa shape index (κ1) is 20.4. The highest BCUT2D eigenvalue weighted by Crippen LogP contribution is 2.23. The molecule has 1 aliphatic carbocycles. The number of amides is 1. The summed E-state index contributed by atoms with van der Waals surface area (Å²) in [5.74, 6) is 0.969. The normalized spacial score (nSPS) is 15.1. The first-order valence-electron chi connectivity index (χ1n) is 10.5. The van der Waals surface area contributed by atoms with E-state index in [9.17, 15) is 9.59 Å². The van der Waals surface area contributed by atoms with Gasteiger partial charge in [0.2, 0.25) is 5.91 Å². The van der Waals surface area contributed by atoms with Gasteiger partial charge in [0.05, 0.1) is 17.1 Å². The van der Waals surface area contributed by atoms with E-state index in [4.69, 9.17) is 9.72 Å². The van der Waals surface area contributed by atoms with Gasteiger partial charge in [-0.05, 0) is 45.2 Å². The molecule has 2 aromatic rings. The third-order valence-electron chi connectivity index (χ3n) is 5.24. The van der Waals surface area contributed by atoms with E-state index >= 15 is 0 Å². The molecule has 0 radical (unpaired) electrons. The predicted octanol–water partition coefficient (Wildman–Crippen LogP) is 3.62. The average Bonchev–Trinajstić information content (AvgIpc) is 3.02. The van der Waals surface area contributed by atoms with Gasteiger partial charge >= 0.3 is 5.97 Å². The van der Waals surface area contributed by atoms with Crippen molar-refractivity contribution in [2.24, 2.45) is 5.92 Å². The van der Waals surface area contributed by atoms with Gasteiger partial charge in [0, 0.05) is 18.9 Å². The molecule has 6 heteroatoms. The Morgan fingerprint density at radius 3 is 2.71 bits per heavy atom. The number of hydrogen-bond acceptors (Lipinski definition) is 4. The number of carbonyl (C=O) groups excluding carboxylic acids is 2. The van der Waals surface area contributed by atoms with Crippen molar-refractivity contribution in [1.29, 1.82) is 0 Å². The van der Waals surface area contributed by atoms with Crippen molar-refractivity contribution in [2.75, 3.05) is 6.54 Å². The van der Waals surface area contributed by atoms with E-state index in [1.54, 1.807) is 0 Å². The maximum atomic E-state index is 12.3. The summed E-state index contributed by atoms with van der Waals surface area (Å²) in [4.78, 5) is 29.1. The topological polar surface area (TPSA) is 73.2 Å². The molecule has 1 saturated carbocycles. The molecule has 28 heavy (non-hydrogen) atoms. The van der Waals surface area contributed by atoms with Gasteiger partial charge < -0.3 is 14.6 Å². The van der Waals surface area contributed by atoms with Crippen molar-refractivity contribution >= 4 is 22.9 Å². The highest BCUT2D eigenvalue weighted by molar-refractivity contribution is 5.79. The Labute approximate surface area is 166 Å². The van der Waals surface area contributed by atoms with Crippen LogP contribution >= 0.6 is 0 Å². The molecule has 1 N–H and O–H groups in total. The second kappa shape index (κ2) is 9.71. The number of hydrogen-bond donors (Lipinski definition) is 1. The zero-order valence-corrected chi connectivity index (χ0v) is 16.9. The Hall–Kier alpha value is -2.37. The Kier molecular flexibility index (Phi) is 7.06. The molecule has 1 heterocycles. The number of aryl methyl sites for hydroxylation is 1. The molecule has 6 nitrogen and oxygen atoms in total. The van der Waals surface area contributed by atoms with Gasteiger partial charge in [0.15, 0.2) is 0 Å². The Morgan fingerprint density at radius 2 is 1.96 bits per heavy atom. The summed E-state index contributed by atoms with van der Waals surface area (Å²) in [6.45, 7) is 4.48. The number of nitrogens with one attached hydrogen (secondary N) is 1. The van der Waals surface area contributed by atoms with Crippen LogP contribution in [0, 0.1) is 5.92 Å². The Balaban J connectivity index is 1.59. The number of carbonyl (C=O) groups is 2. The lowest BCUT2D eigenvalue weighted by Crippen LogP contribution is -2.32. The van der Waals surface area contributed by atoms with E-state index in [0.29, 0.717) is 13.0 Å². The van der Waals surface area contributed by atoms with Crippen LogP contribution in [0.1, 0.15) is 58.2 Å². The monoisotopic (exact) mass is 385 g/mol. The van der Waals surface area contributed by atoms with Gasteiger partial charge in [0.25, 0.3) is 0 Å². The van der Waals surface area contributed by atoms with Crippen molar-refractivity contribution in [1.82, 2.24) is 14.9 Å². The summed E-state index contributed by atoms with van der Waals surface area (Å²) >= 11 is 0. The fourth-order valence-corrected chi connectivity index (χ4v) is 3.89. The molecular formula is C22H31N3O3. The number of imidazole rings is 1. The van der Waals surface area contributed by atoms with Crippen molar-refractivity contribution in [3.63, 3.8) is 0 Å². The van der Waals surface area contributed by atoms with E-state index in [1.807, 2.05) is 42.7 Å². The van der Waals surface area contributed by atoms with Crippen LogP contribution in [0.25, 0.3) is 11.0 Å². The summed E-state index contributed by atoms with van der Waals surface area (Å²) in [7, 11) is 0. The zero-order chi connectivity index (χ0) is 19.9. The molecule has 0 saturated heterocycles. The lowest BCUT2D eigenvalue weighted by Gasteiger charge is -2.20. The maximum absolute atomic E-state index is 12.3. The summed E-state index contributed by atoms with van der Waals surface area (Å²) in [6, 6.07) is 7.82. The number of rotatable bonds is 8. The number of aromatic nitrogens is 2. The minimum atomic E-state index is -0.259. The second-order valence-corrected chi connectivity index (χ2v) is 7.87. The number of ether oxygens (including phenoxy) is 1. The van der Waals surface area contributed by atoms with Gasteiger partial charge in [-0.2, -0.15) is 0 Å². The lowest BCUT2D eigenvalue weighted by molar-refractivity contribution is -0.148. The number of para-hydroxylation sites is 2. The van der Waals surface area contributed by atoms with E-state index in [2.05, 4.69) is 5.32 Å². The van der Waals surface area contributed by atoms with Crippen molar-refractivity contribution in [2.45, 2.75) is 71.4 Å². The first-order valence-corrected chi connectivity index (χ1v) is 10.5. The van der Waals surface area contributed by atoms with Crippen LogP contribution in [0.5, 0.6) is 0 Å². The van der Waals surface area contributed by atoms with E-state index < -0.39 is 0 Å². The zero-order valence-electron chi connectivity index (χ0n) is 16.9. The summed E-state index contributed by atoms with van der Waals surface area (Å²) in [6.07, 6.45) is 6.96. The highest BCUT2D eigenvalue weighted by Gasteiger charge is 2.20. The standard InChI is InChI=1S/C22H31N3O3/c1-16(2)28-21(26)15-25-19-12-7-6-11-18(19)24-20(25)13-8-14-23-22(27)17-9-4-3-5-10-17/h6-7,11-12,16-17H,3-5,8-10,13-15H2,1-2H3,(H,23,27). The number of fused-ring (bicyclic) bond motifs is 1. The van der Waals surface area contributed by atoms with Gasteiger partial charge in [0.1, 0.15) is 12.4 Å². The molecule has 3 rings (SSSR count). The first-order chi connectivity index (χ1) is 13.5. The summed E-state index contributed by atoms with van der Waals surface area (Å²) in [5, 5.41) is 3.08. The van der Waals surface area contributed by atoms with E-state index in [0.717, 1.165) is 49.0 Å². The van der Waals surface area contributed by atoms with E-state index in [1.165, 1.54) is 6.42 Å². The largest absolute Gasteiger partial charge is 0.462 e. The fraction of sp³-hybridized carbons (Fsp3) is 0.591. The molecule has 0 atom stereocenters. The van der Waals surface area contributed by atoms with Crippen LogP contribution < -0.4 is 5.32 Å². The average molecular weight is 386 g/mol. The minimum Gasteiger partial charge on any atom is -0.462 e. The van der Waals surface area contributed by atoms with Crippen LogP contribution in [0.3, 0.4) is 0 Å². The third-order valence-corrected chi connectivity index (χ3v) is 5.24. The molecule has 1 aromatic heterocycles. The lowest BCUT2D eigenvalue weighted by atomic mass is 9.89. The van der Waals surface area contributed by atoms with Crippen LogP contribution in [0.15, 0.2) is 24.3 Å². The quantitative estimate of drug-likeness (QED) is 0.556. The molecule has 1 amide bonds. The smallest absolute Gasteiger partial charge is 0.326 e. The molecule has 0 bridgehead atoms. The number of esters is 1.